The van der Waals surface area contributed by atoms with Crippen LogP contribution in [0.4, 0.5) is 0 Å². The van der Waals surface area contributed by atoms with E-state index in [1.165, 1.54) is 15.6 Å². The van der Waals surface area contributed by atoms with Crippen LogP contribution in [0.25, 0.3) is 0 Å². The maximum atomic E-state index is 12.6. The standard InChI is InChI=1S/C14H25N3O2S2/c1-4-15-8-13-7-14(20-11-13)21(18,19)17(3)10-12-5-6-16(2)9-12/h7,11-12,15H,4-6,8-10H2,1-3H3. The maximum absolute atomic E-state index is 12.6. The van der Waals surface area contributed by atoms with Crippen molar-refractivity contribution in [3.05, 3.63) is 17.0 Å². The normalized spacial score (nSPS) is 20.5. The summed E-state index contributed by atoms with van der Waals surface area (Å²) in [6, 6.07) is 1.79. The molecule has 0 radical (unpaired) electrons. The molecule has 0 spiro atoms. The molecule has 1 aromatic heterocycles. The van der Waals surface area contributed by atoms with E-state index in [0.717, 1.165) is 38.2 Å². The van der Waals surface area contributed by atoms with Crippen molar-refractivity contribution in [2.45, 2.75) is 24.1 Å². The van der Waals surface area contributed by atoms with Crippen molar-refractivity contribution in [2.24, 2.45) is 5.92 Å². The first kappa shape index (κ1) is 16.9. The SMILES string of the molecule is CCNCc1csc(S(=O)(=O)N(C)CC2CCN(C)C2)c1. The van der Waals surface area contributed by atoms with Crippen molar-refractivity contribution in [1.29, 1.82) is 0 Å². The van der Waals surface area contributed by atoms with Gasteiger partial charge in [-0.05, 0) is 49.5 Å². The highest BCUT2D eigenvalue weighted by Crippen LogP contribution is 2.25. The Hall–Kier alpha value is -0.470. The third-order valence-corrected chi connectivity index (χ3v) is 7.16. The topological polar surface area (TPSA) is 52.7 Å². The third kappa shape index (κ3) is 4.26. The highest BCUT2D eigenvalue weighted by molar-refractivity contribution is 7.91. The highest BCUT2D eigenvalue weighted by Gasteiger charge is 2.28. The Morgan fingerprint density at radius 1 is 1.52 bits per heavy atom. The zero-order chi connectivity index (χ0) is 15.5. The summed E-state index contributed by atoms with van der Waals surface area (Å²) < 4.78 is 27.1. The molecule has 0 saturated carbocycles. The summed E-state index contributed by atoms with van der Waals surface area (Å²) in [5, 5.41) is 5.14. The first-order valence-corrected chi connectivity index (χ1v) is 9.68. The Balaban J connectivity index is 2.01. The van der Waals surface area contributed by atoms with Crippen molar-refractivity contribution >= 4 is 21.4 Å². The van der Waals surface area contributed by atoms with Gasteiger partial charge in [0.25, 0.3) is 10.0 Å². The Kier molecular flexibility index (Phi) is 5.79. The molecule has 1 atom stereocenters. The van der Waals surface area contributed by atoms with Crippen LogP contribution in [0.15, 0.2) is 15.7 Å². The first-order chi connectivity index (χ1) is 9.93. The van der Waals surface area contributed by atoms with Crippen molar-refractivity contribution in [3.8, 4) is 0 Å². The Labute approximate surface area is 132 Å². The van der Waals surface area contributed by atoms with E-state index in [0.29, 0.717) is 16.7 Å². The second-order valence-electron chi connectivity index (χ2n) is 5.76. The molecular weight excluding hydrogens is 306 g/mol. The van der Waals surface area contributed by atoms with E-state index in [9.17, 15) is 8.42 Å². The third-order valence-electron chi connectivity index (χ3n) is 3.88. The van der Waals surface area contributed by atoms with Crippen LogP contribution in [0.5, 0.6) is 0 Å². The van der Waals surface area contributed by atoms with E-state index in [2.05, 4.69) is 17.3 Å². The zero-order valence-electron chi connectivity index (χ0n) is 13.0. The molecule has 120 valence electrons. The van der Waals surface area contributed by atoms with Gasteiger partial charge in [0, 0.05) is 26.7 Å². The lowest BCUT2D eigenvalue weighted by molar-refractivity contribution is 0.357. The molecule has 0 amide bonds. The molecule has 5 nitrogen and oxygen atoms in total. The summed E-state index contributed by atoms with van der Waals surface area (Å²) in [7, 11) is 0.433. The molecule has 21 heavy (non-hydrogen) atoms. The summed E-state index contributed by atoms with van der Waals surface area (Å²) in [4.78, 5) is 2.25. The van der Waals surface area contributed by atoms with Crippen LogP contribution in [0.1, 0.15) is 18.9 Å². The van der Waals surface area contributed by atoms with Gasteiger partial charge in [-0.25, -0.2) is 8.42 Å². The minimum absolute atomic E-state index is 0.441. The maximum Gasteiger partial charge on any atom is 0.252 e. The Bertz CT molecular complexity index is 556. The largest absolute Gasteiger partial charge is 0.313 e. The smallest absolute Gasteiger partial charge is 0.252 e. The van der Waals surface area contributed by atoms with E-state index in [-0.39, 0.29) is 0 Å². The van der Waals surface area contributed by atoms with Gasteiger partial charge in [-0.1, -0.05) is 6.92 Å². The lowest BCUT2D eigenvalue weighted by Gasteiger charge is -2.20. The van der Waals surface area contributed by atoms with Gasteiger partial charge in [-0.3, -0.25) is 0 Å². The molecular formula is C14H25N3O2S2. The summed E-state index contributed by atoms with van der Waals surface area (Å²) in [5.74, 6) is 0.441. The molecule has 0 aliphatic carbocycles. The molecule has 7 heteroatoms. The molecule has 0 aromatic carbocycles. The molecule has 1 aromatic rings. The van der Waals surface area contributed by atoms with Crippen molar-refractivity contribution < 1.29 is 8.42 Å². The Morgan fingerprint density at radius 2 is 2.29 bits per heavy atom. The predicted molar refractivity (Wildman–Crippen MR) is 87.1 cm³/mol. The quantitative estimate of drug-likeness (QED) is 0.821. The number of sulfonamides is 1. The number of thiophene rings is 1. The molecule has 1 N–H and O–H groups in total. The minimum Gasteiger partial charge on any atom is -0.313 e. The lowest BCUT2D eigenvalue weighted by atomic mass is 10.1. The van der Waals surface area contributed by atoms with Gasteiger partial charge in [0.15, 0.2) is 0 Å². The molecule has 0 bridgehead atoms. The van der Waals surface area contributed by atoms with Gasteiger partial charge >= 0.3 is 0 Å². The fourth-order valence-corrected chi connectivity index (χ4v) is 5.31. The highest BCUT2D eigenvalue weighted by atomic mass is 32.2. The van der Waals surface area contributed by atoms with E-state index in [1.54, 1.807) is 13.1 Å². The minimum atomic E-state index is -3.34. The number of hydrogen-bond acceptors (Lipinski definition) is 5. The van der Waals surface area contributed by atoms with Gasteiger partial charge in [0.1, 0.15) is 4.21 Å². The molecule has 2 rings (SSSR count). The number of likely N-dealkylation sites (tertiary alicyclic amines) is 1. The van der Waals surface area contributed by atoms with Gasteiger partial charge in [-0.15, -0.1) is 11.3 Å². The summed E-state index contributed by atoms with van der Waals surface area (Å²) in [5.41, 5.74) is 1.04. The number of nitrogens with one attached hydrogen (secondary N) is 1. The summed E-state index contributed by atoms with van der Waals surface area (Å²) in [6.45, 7) is 6.29. The lowest BCUT2D eigenvalue weighted by Crippen LogP contribution is -2.32. The van der Waals surface area contributed by atoms with E-state index < -0.39 is 10.0 Å². The molecule has 1 aliphatic heterocycles. The number of hydrogen-bond donors (Lipinski definition) is 1. The van der Waals surface area contributed by atoms with E-state index >= 15 is 0 Å². The van der Waals surface area contributed by atoms with Crippen molar-refractivity contribution in [3.63, 3.8) is 0 Å². The monoisotopic (exact) mass is 331 g/mol. The van der Waals surface area contributed by atoms with E-state index in [4.69, 9.17) is 0 Å². The van der Waals surface area contributed by atoms with Crippen LogP contribution in [0.3, 0.4) is 0 Å². The molecule has 1 fully saturated rings. The number of nitrogens with zero attached hydrogens (tertiary/aromatic N) is 2. The van der Waals surface area contributed by atoms with Crippen LogP contribution >= 0.6 is 11.3 Å². The van der Waals surface area contributed by atoms with Crippen LogP contribution in [0.2, 0.25) is 0 Å². The second kappa shape index (κ2) is 7.19. The molecule has 1 aliphatic rings. The van der Waals surface area contributed by atoms with Crippen molar-refractivity contribution in [1.82, 2.24) is 14.5 Å². The van der Waals surface area contributed by atoms with Crippen LogP contribution in [0, 0.1) is 5.92 Å². The van der Waals surface area contributed by atoms with E-state index in [1.807, 2.05) is 12.3 Å². The molecule has 1 unspecified atom stereocenters. The summed E-state index contributed by atoms with van der Waals surface area (Å²) >= 11 is 1.31. The fraction of sp³-hybridized carbons (Fsp3) is 0.714. The summed E-state index contributed by atoms with van der Waals surface area (Å²) in [6.07, 6.45) is 1.08. The van der Waals surface area contributed by atoms with Gasteiger partial charge in [0.2, 0.25) is 0 Å². The van der Waals surface area contributed by atoms with Gasteiger partial charge in [0.05, 0.1) is 0 Å². The van der Waals surface area contributed by atoms with Crippen molar-refractivity contribution in [2.75, 3.05) is 40.3 Å². The number of rotatable bonds is 7. The van der Waals surface area contributed by atoms with Gasteiger partial charge < -0.3 is 10.2 Å². The van der Waals surface area contributed by atoms with Gasteiger partial charge in [-0.2, -0.15) is 4.31 Å². The average Bonchev–Trinajstić information content (AvgIpc) is 3.06. The Morgan fingerprint density at radius 3 is 2.90 bits per heavy atom. The fourth-order valence-electron chi connectivity index (χ4n) is 2.64. The average molecular weight is 332 g/mol. The predicted octanol–water partition coefficient (Wildman–Crippen LogP) is 1.43. The van der Waals surface area contributed by atoms with Crippen LogP contribution in [-0.2, 0) is 16.6 Å². The second-order valence-corrected chi connectivity index (χ2v) is 8.94. The van der Waals surface area contributed by atoms with Crippen LogP contribution < -0.4 is 5.32 Å². The molecule has 1 saturated heterocycles. The zero-order valence-corrected chi connectivity index (χ0v) is 14.6. The first-order valence-electron chi connectivity index (χ1n) is 7.36. The van der Waals surface area contributed by atoms with Crippen LogP contribution in [-0.4, -0.2) is 57.9 Å². The molecule has 2 heterocycles.